The molecule has 1 aliphatic rings. The van der Waals surface area contributed by atoms with E-state index in [2.05, 4.69) is 33.8 Å². The predicted octanol–water partition coefficient (Wildman–Crippen LogP) is 3.48. The summed E-state index contributed by atoms with van der Waals surface area (Å²) < 4.78 is 76.8. The number of carboxylic acid groups (broad SMARTS) is 2. The Labute approximate surface area is 219 Å². The van der Waals surface area contributed by atoms with Crippen molar-refractivity contribution in [3.8, 4) is 5.88 Å². The van der Waals surface area contributed by atoms with E-state index in [4.69, 9.17) is 29.3 Å². The van der Waals surface area contributed by atoms with Gasteiger partial charge in [0, 0.05) is 44.1 Å². The summed E-state index contributed by atoms with van der Waals surface area (Å²) >= 11 is 0. The lowest BCUT2D eigenvalue weighted by atomic mass is 10.0. The van der Waals surface area contributed by atoms with E-state index < -0.39 is 24.3 Å². The summed E-state index contributed by atoms with van der Waals surface area (Å²) in [6.45, 7) is 6.14. The molecule has 0 amide bonds. The number of aromatic nitrogens is 3. The molecule has 2 aromatic rings. The van der Waals surface area contributed by atoms with Crippen molar-refractivity contribution in [1.82, 2.24) is 19.7 Å². The minimum atomic E-state index is -5.08. The average molecular weight is 570 g/mol. The number of ether oxygens (including phenoxy) is 2. The average Bonchev–Trinajstić information content (AvgIpc) is 3.43. The SMILES string of the molecule is C=CCO[C@@H]1CCN(Cc2cccnc2OC)[C@H]1Cc1cnn(C)c1.O=C(O)C(F)(F)F.O=C(O)C(F)(F)F. The largest absolute Gasteiger partial charge is 0.490 e. The van der Waals surface area contributed by atoms with Crippen LogP contribution in [0.2, 0.25) is 0 Å². The molecule has 0 saturated carbocycles. The first-order chi connectivity index (χ1) is 18.1. The van der Waals surface area contributed by atoms with Crippen LogP contribution < -0.4 is 4.74 Å². The molecule has 0 aromatic carbocycles. The number of hydrogen-bond donors (Lipinski definition) is 2. The molecule has 3 heterocycles. The van der Waals surface area contributed by atoms with Gasteiger partial charge in [0.2, 0.25) is 5.88 Å². The molecule has 2 aromatic heterocycles. The van der Waals surface area contributed by atoms with Gasteiger partial charge >= 0.3 is 24.3 Å². The monoisotopic (exact) mass is 570 g/mol. The summed E-state index contributed by atoms with van der Waals surface area (Å²) in [7, 11) is 3.61. The van der Waals surface area contributed by atoms with E-state index in [0.29, 0.717) is 18.5 Å². The third-order valence-corrected chi connectivity index (χ3v) is 5.13. The second-order valence-electron chi connectivity index (χ2n) is 7.99. The van der Waals surface area contributed by atoms with Crippen LogP contribution in [-0.4, -0.2) is 86.6 Å². The van der Waals surface area contributed by atoms with Crippen LogP contribution in [0.5, 0.6) is 5.88 Å². The Morgan fingerprint density at radius 3 is 2.23 bits per heavy atom. The molecule has 0 radical (unpaired) electrons. The maximum Gasteiger partial charge on any atom is 0.490 e. The van der Waals surface area contributed by atoms with Crippen molar-refractivity contribution >= 4 is 11.9 Å². The van der Waals surface area contributed by atoms with Crippen LogP contribution in [0, 0.1) is 0 Å². The number of carbonyl (C=O) groups is 2. The molecule has 10 nitrogen and oxygen atoms in total. The minimum absolute atomic E-state index is 0.195. The summed E-state index contributed by atoms with van der Waals surface area (Å²) in [6, 6.07) is 4.33. The molecular weight excluding hydrogens is 542 g/mol. The molecule has 1 saturated heterocycles. The molecule has 0 bridgehead atoms. The lowest BCUT2D eigenvalue weighted by Crippen LogP contribution is -2.38. The van der Waals surface area contributed by atoms with Crippen molar-refractivity contribution in [2.75, 3.05) is 20.3 Å². The van der Waals surface area contributed by atoms with Gasteiger partial charge in [0.25, 0.3) is 0 Å². The lowest BCUT2D eigenvalue weighted by molar-refractivity contribution is -0.193. The van der Waals surface area contributed by atoms with E-state index in [1.165, 1.54) is 5.56 Å². The Kier molecular flexibility index (Phi) is 12.9. The summed E-state index contributed by atoms with van der Waals surface area (Å²) in [5.41, 5.74) is 2.33. The van der Waals surface area contributed by atoms with Gasteiger partial charge in [-0.05, 0) is 24.5 Å². The fraction of sp³-hybridized carbons (Fsp3) is 0.478. The molecule has 218 valence electrons. The lowest BCUT2D eigenvalue weighted by Gasteiger charge is -2.28. The number of halogens is 6. The third kappa shape index (κ3) is 11.7. The number of alkyl halides is 6. The molecule has 16 heteroatoms. The van der Waals surface area contributed by atoms with Crippen LogP contribution in [0.15, 0.2) is 43.4 Å². The highest BCUT2D eigenvalue weighted by Crippen LogP contribution is 2.28. The summed E-state index contributed by atoms with van der Waals surface area (Å²) in [6.07, 6.45) is -0.457. The van der Waals surface area contributed by atoms with Gasteiger partial charge in [-0.25, -0.2) is 14.6 Å². The predicted molar refractivity (Wildman–Crippen MR) is 124 cm³/mol. The number of carboxylic acids is 2. The normalized spacial score (nSPS) is 17.3. The highest BCUT2D eigenvalue weighted by molar-refractivity contribution is 5.73. The second-order valence-corrected chi connectivity index (χ2v) is 7.99. The first-order valence-electron chi connectivity index (χ1n) is 11.1. The van der Waals surface area contributed by atoms with Crippen molar-refractivity contribution in [1.29, 1.82) is 0 Å². The zero-order valence-electron chi connectivity index (χ0n) is 20.9. The van der Waals surface area contributed by atoms with Crippen LogP contribution in [0.25, 0.3) is 0 Å². The summed E-state index contributed by atoms with van der Waals surface area (Å²) in [5.74, 6) is -4.82. The number of methoxy groups -OCH3 is 1. The number of aliphatic carboxylic acids is 2. The Morgan fingerprint density at radius 1 is 1.18 bits per heavy atom. The van der Waals surface area contributed by atoms with Gasteiger partial charge in [-0.3, -0.25) is 9.58 Å². The first kappa shape index (κ1) is 33.4. The highest BCUT2D eigenvalue weighted by atomic mass is 19.4. The van der Waals surface area contributed by atoms with Crippen molar-refractivity contribution in [3.63, 3.8) is 0 Å². The van der Waals surface area contributed by atoms with Crippen molar-refractivity contribution in [2.24, 2.45) is 7.05 Å². The van der Waals surface area contributed by atoms with Crippen molar-refractivity contribution in [2.45, 2.75) is 43.9 Å². The van der Waals surface area contributed by atoms with Crippen LogP contribution in [0.4, 0.5) is 26.3 Å². The van der Waals surface area contributed by atoms with Gasteiger partial charge in [-0.1, -0.05) is 12.1 Å². The van der Waals surface area contributed by atoms with Gasteiger partial charge in [0.1, 0.15) is 0 Å². The maximum atomic E-state index is 10.6. The van der Waals surface area contributed by atoms with Gasteiger partial charge in [0.15, 0.2) is 0 Å². The molecule has 0 unspecified atom stereocenters. The summed E-state index contributed by atoms with van der Waals surface area (Å²) in [5, 5.41) is 18.5. The molecule has 39 heavy (non-hydrogen) atoms. The number of aryl methyl sites for hydroxylation is 1. The molecule has 1 aliphatic heterocycles. The number of rotatable bonds is 8. The van der Waals surface area contributed by atoms with Gasteiger partial charge in [-0.15, -0.1) is 6.58 Å². The number of pyridine rings is 1. The molecule has 3 rings (SSSR count). The standard InChI is InChI=1S/C19H26N4O2.2C2HF3O2/c1-4-10-25-18-7-9-23(14-16-6-5-8-20-19(16)24-3)17(18)11-15-12-21-22(2)13-15;2*3-2(4,5)1(6)7/h4-6,8,12-13,17-18H,1,7,9-11,14H2,2-3H3;2*(H,6,7)/t17-,18+;;/m0../s1. The quantitative estimate of drug-likeness (QED) is 0.362. The zero-order chi connectivity index (χ0) is 29.8. The van der Waals surface area contributed by atoms with Crippen LogP contribution in [-0.2, 0) is 34.3 Å². The topological polar surface area (TPSA) is 127 Å². The maximum absolute atomic E-state index is 10.6. The highest BCUT2D eigenvalue weighted by Gasteiger charge is 2.39. The van der Waals surface area contributed by atoms with Crippen molar-refractivity contribution < 1.29 is 55.6 Å². The van der Waals surface area contributed by atoms with E-state index in [9.17, 15) is 26.3 Å². The smallest absolute Gasteiger partial charge is 0.481 e. The van der Waals surface area contributed by atoms with E-state index in [1.807, 2.05) is 30.1 Å². The number of nitrogens with zero attached hydrogens (tertiary/aromatic N) is 4. The fourth-order valence-electron chi connectivity index (χ4n) is 3.50. The first-order valence-corrected chi connectivity index (χ1v) is 11.1. The van der Waals surface area contributed by atoms with E-state index in [-0.39, 0.29) is 6.10 Å². The Bertz CT molecular complexity index is 1050. The third-order valence-electron chi connectivity index (χ3n) is 5.13. The minimum Gasteiger partial charge on any atom is -0.481 e. The van der Waals surface area contributed by atoms with Gasteiger partial charge in [-0.2, -0.15) is 31.4 Å². The number of likely N-dealkylation sites (tertiary alicyclic amines) is 1. The van der Waals surface area contributed by atoms with Gasteiger partial charge in [0.05, 0.1) is 26.0 Å². The van der Waals surface area contributed by atoms with E-state index >= 15 is 0 Å². The van der Waals surface area contributed by atoms with E-state index in [0.717, 1.165) is 31.5 Å². The summed E-state index contributed by atoms with van der Waals surface area (Å²) in [4.78, 5) is 24.6. The molecule has 0 spiro atoms. The molecule has 2 atom stereocenters. The fourth-order valence-corrected chi connectivity index (χ4v) is 3.50. The van der Waals surface area contributed by atoms with Crippen molar-refractivity contribution in [3.05, 3.63) is 54.5 Å². The zero-order valence-corrected chi connectivity index (χ0v) is 20.9. The Morgan fingerprint density at radius 2 is 1.77 bits per heavy atom. The molecular formula is C23H28F6N4O6. The van der Waals surface area contributed by atoms with Crippen LogP contribution in [0.3, 0.4) is 0 Å². The van der Waals surface area contributed by atoms with E-state index in [1.54, 1.807) is 13.3 Å². The molecule has 1 fully saturated rings. The Balaban J connectivity index is 0.000000449. The van der Waals surface area contributed by atoms with Crippen LogP contribution in [0.1, 0.15) is 17.5 Å². The molecule has 0 aliphatic carbocycles. The second kappa shape index (κ2) is 15.1. The Hall–Kier alpha value is -3.66. The van der Waals surface area contributed by atoms with Crippen LogP contribution >= 0.6 is 0 Å². The molecule has 2 N–H and O–H groups in total. The number of hydrogen-bond acceptors (Lipinski definition) is 7. The van der Waals surface area contributed by atoms with Gasteiger partial charge < -0.3 is 19.7 Å².